The minimum Gasteiger partial charge on any atom is -0.316 e. The van der Waals surface area contributed by atoms with Crippen molar-refractivity contribution in [1.29, 1.82) is 0 Å². The SMILES string of the molecule is CC(C)CNCC(C)CN(C)Cc1ccc(Cl)cc1. The van der Waals surface area contributed by atoms with Crippen LogP contribution in [0.15, 0.2) is 24.3 Å². The number of hydrogen-bond acceptors (Lipinski definition) is 2. The molecular formula is C16H27ClN2. The molecule has 0 saturated carbocycles. The third-order valence-corrected chi connectivity index (χ3v) is 3.29. The fraction of sp³-hybridized carbons (Fsp3) is 0.625. The van der Waals surface area contributed by atoms with Gasteiger partial charge in [-0.2, -0.15) is 0 Å². The zero-order valence-electron chi connectivity index (χ0n) is 12.6. The van der Waals surface area contributed by atoms with Gasteiger partial charge >= 0.3 is 0 Å². The first-order valence-electron chi connectivity index (χ1n) is 7.11. The Morgan fingerprint density at radius 2 is 1.74 bits per heavy atom. The second-order valence-electron chi connectivity index (χ2n) is 5.98. The Morgan fingerprint density at radius 1 is 1.11 bits per heavy atom. The van der Waals surface area contributed by atoms with Gasteiger partial charge in [-0.1, -0.05) is 44.5 Å². The second kappa shape index (κ2) is 8.57. The van der Waals surface area contributed by atoms with Crippen LogP contribution >= 0.6 is 11.6 Å². The fourth-order valence-electron chi connectivity index (χ4n) is 2.18. The summed E-state index contributed by atoms with van der Waals surface area (Å²) in [5.74, 6) is 1.38. The number of benzene rings is 1. The van der Waals surface area contributed by atoms with E-state index in [-0.39, 0.29) is 0 Å². The van der Waals surface area contributed by atoms with Crippen LogP contribution in [0.2, 0.25) is 5.02 Å². The third kappa shape index (κ3) is 7.56. The largest absolute Gasteiger partial charge is 0.316 e. The molecule has 0 aliphatic rings. The Bertz CT molecular complexity index is 348. The summed E-state index contributed by atoms with van der Waals surface area (Å²) in [5, 5.41) is 4.32. The molecule has 0 radical (unpaired) electrons. The van der Waals surface area contributed by atoms with Gasteiger partial charge in [-0.25, -0.2) is 0 Å². The lowest BCUT2D eigenvalue weighted by molar-refractivity contribution is 0.272. The summed E-state index contributed by atoms with van der Waals surface area (Å²) in [6.07, 6.45) is 0. The Balaban J connectivity index is 2.26. The van der Waals surface area contributed by atoms with Gasteiger partial charge in [-0.3, -0.25) is 0 Å². The molecule has 0 heterocycles. The van der Waals surface area contributed by atoms with Crippen molar-refractivity contribution in [2.24, 2.45) is 11.8 Å². The van der Waals surface area contributed by atoms with Crippen molar-refractivity contribution in [2.45, 2.75) is 27.3 Å². The maximum Gasteiger partial charge on any atom is 0.0406 e. The number of halogens is 1. The van der Waals surface area contributed by atoms with Crippen molar-refractivity contribution in [2.75, 3.05) is 26.7 Å². The summed E-state index contributed by atoms with van der Waals surface area (Å²) in [4.78, 5) is 2.37. The number of rotatable bonds is 8. The highest BCUT2D eigenvalue weighted by molar-refractivity contribution is 6.30. The molecule has 0 bridgehead atoms. The molecule has 1 atom stereocenters. The van der Waals surface area contributed by atoms with Crippen molar-refractivity contribution < 1.29 is 0 Å². The van der Waals surface area contributed by atoms with Crippen LogP contribution in [0.5, 0.6) is 0 Å². The maximum absolute atomic E-state index is 5.89. The van der Waals surface area contributed by atoms with Gasteiger partial charge in [0.1, 0.15) is 0 Å². The molecule has 1 unspecified atom stereocenters. The standard InChI is InChI=1S/C16H27ClN2/c1-13(2)9-18-10-14(3)11-19(4)12-15-5-7-16(17)8-6-15/h5-8,13-14,18H,9-12H2,1-4H3. The molecule has 0 fully saturated rings. The van der Waals surface area contributed by atoms with Crippen LogP contribution in [-0.4, -0.2) is 31.6 Å². The zero-order valence-corrected chi connectivity index (χ0v) is 13.4. The van der Waals surface area contributed by atoms with Gasteiger partial charge in [0.05, 0.1) is 0 Å². The van der Waals surface area contributed by atoms with Gasteiger partial charge < -0.3 is 10.2 Å². The number of nitrogens with one attached hydrogen (secondary N) is 1. The minimum atomic E-state index is 0.663. The molecule has 0 spiro atoms. The van der Waals surface area contributed by atoms with E-state index in [1.54, 1.807) is 0 Å². The summed E-state index contributed by atoms with van der Waals surface area (Å²) in [7, 11) is 2.17. The Kier molecular flexibility index (Phi) is 7.44. The van der Waals surface area contributed by atoms with Crippen molar-refractivity contribution in [3.05, 3.63) is 34.9 Å². The summed E-state index contributed by atoms with van der Waals surface area (Å²) in [6, 6.07) is 8.11. The van der Waals surface area contributed by atoms with E-state index < -0.39 is 0 Å². The molecule has 1 aromatic rings. The van der Waals surface area contributed by atoms with Crippen molar-refractivity contribution in [3.63, 3.8) is 0 Å². The first-order chi connectivity index (χ1) is 8.97. The molecular weight excluding hydrogens is 256 g/mol. The lowest BCUT2D eigenvalue weighted by atomic mass is 10.1. The molecule has 19 heavy (non-hydrogen) atoms. The van der Waals surface area contributed by atoms with Crippen LogP contribution in [0.4, 0.5) is 0 Å². The minimum absolute atomic E-state index is 0.663. The molecule has 0 saturated heterocycles. The summed E-state index contributed by atoms with van der Waals surface area (Å²) >= 11 is 5.89. The average Bonchev–Trinajstić information content (AvgIpc) is 2.31. The predicted octanol–water partition coefficient (Wildman–Crippen LogP) is 3.65. The molecule has 0 aliphatic heterocycles. The lowest BCUT2D eigenvalue weighted by Crippen LogP contribution is -2.32. The van der Waals surface area contributed by atoms with Crippen molar-refractivity contribution >= 4 is 11.6 Å². The van der Waals surface area contributed by atoms with E-state index in [0.29, 0.717) is 5.92 Å². The summed E-state index contributed by atoms with van der Waals surface area (Å²) in [5.41, 5.74) is 1.31. The van der Waals surface area contributed by atoms with Gasteiger partial charge in [0.25, 0.3) is 0 Å². The average molecular weight is 283 g/mol. The van der Waals surface area contributed by atoms with Crippen molar-refractivity contribution in [1.82, 2.24) is 10.2 Å². The monoisotopic (exact) mass is 282 g/mol. The molecule has 3 heteroatoms. The van der Waals surface area contributed by atoms with Gasteiger partial charge in [0, 0.05) is 18.1 Å². The van der Waals surface area contributed by atoms with Gasteiger partial charge in [-0.05, 0) is 49.7 Å². The molecule has 2 nitrogen and oxygen atoms in total. The van der Waals surface area contributed by atoms with E-state index in [1.807, 2.05) is 12.1 Å². The quantitative estimate of drug-likeness (QED) is 0.783. The normalized spacial score (nSPS) is 13.2. The van der Waals surface area contributed by atoms with Crippen LogP contribution in [0.25, 0.3) is 0 Å². The Labute approximate surface area is 123 Å². The zero-order chi connectivity index (χ0) is 14.3. The molecule has 108 valence electrons. The first kappa shape index (κ1) is 16.5. The van der Waals surface area contributed by atoms with Gasteiger partial charge in [-0.15, -0.1) is 0 Å². The van der Waals surface area contributed by atoms with Gasteiger partial charge in [0.15, 0.2) is 0 Å². The maximum atomic E-state index is 5.89. The Morgan fingerprint density at radius 3 is 2.32 bits per heavy atom. The smallest absolute Gasteiger partial charge is 0.0406 e. The highest BCUT2D eigenvalue weighted by atomic mass is 35.5. The fourth-order valence-corrected chi connectivity index (χ4v) is 2.31. The van der Waals surface area contributed by atoms with Crippen LogP contribution in [0.3, 0.4) is 0 Å². The summed E-state index contributed by atoms with van der Waals surface area (Å²) < 4.78 is 0. The van der Waals surface area contributed by atoms with E-state index in [2.05, 4.69) is 50.2 Å². The van der Waals surface area contributed by atoms with Crippen LogP contribution in [0, 0.1) is 11.8 Å². The van der Waals surface area contributed by atoms with E-state index in [9.17, 15) is 0 Å². The van der Waals surface area contributed by atoms with Crippen LogP contribution in [0.1, 0.15) is 26.3 Å². The molecule has 1 aromatic carbocycles. The van der Waals surface area contributed by atoms with Crippen molar-refractivity contribution in [3.8, 4) is 0 Å². The third-order valence-electron chi connectivity index (χ3n) is 3.03. The predicted molar refractivity (Wildman–Crippen MR) is 84.7 cm³/mol. The van der Waals surface area contributed by atoms with Crippen LogP contribution < -0.4 is 5.32 Å². The molecule has 1 N–H and O–H groups in total. The second-order valence-corrected chi connectivity index (χ2v) is 6.42. The van der Waals surface area contributed by atoms with E-state index >= 15 is 0 Å². The van der Waals surface area contributed by atoms with Gasteiger partial charge in [0.2, 0.25) is 0 Å². The number of hydrogen-bond donors (Lipinski definition) is 1. The van der Waals surface area contributed by atoms with E-state index in [1.165, 1.54) is 5.56 Å². The highest BCUT2D eigenvalue weighted by Gasteiger charge is 2.07. The number of nitrogens with zero attached hydrogens (tertiary/aromatic N) is 1. The van der Waals surface area contributed by atoms with Crippen LogP contribution in [-0.2, 0) is 6.54 Å². The van der Waals surface area contributed by atoms with E-state index in [0.717, 1.165) is 37.1 Å². The first-order valence-corrected chi connectivity index (χ1v) is 7.49. The molecule has 1 rings (SSSR count). The Hall–Kier alpha value is -0.570. The molecule has 0 aliphatic carbocycles. The topological polar surface area (TPSA) is 15.3 Å². The molecule has 0 amide bonds. The molecule has 0 aromatic heterocycles. The lowest BCUT2D eigenvalue weighted by Gasteiger charge is -2.22. The summed E-state index contributed by atoms with van der Waals surface area (Å²) in [6.45, 7) is 11.0. The highest BCUT2D eigenvalue weighted by Crippen LogP contribution is 2.11. The van der Waals surface area contributed by atoms with E-state index in [4.69, 9.17) is 11.6 Å².